The lowest BCUT2D eigenvalue weighted by Crippen LogP contribution is -2.47. The van der Waals surface area contributed by atoms with Crippen molar-refractivity contribution in [1.82, 2.24) is 4.90 Å². The fourth-order valence-electron chi connectivity index (χ4n) is 2.73. The molecular formula is C19H21NO3. The van der Waals surface area contributed by atoms with Gasteiger partial charge in [-0.3, -0.25) is 4.79 Å². The monoisotopic (exact) mass is 311 g/mol. The predicted molar refractivity (Wildman–Crippen MR) is 88.2 cm³/mol. The van der Waals surface area contributed by atoms with Crippen LogP contribution in [0, 0.1) is 0 Å². The quantitative estimate of drug-likeness (QED) is 0.871. The Morgan fingerprint density at radius 2 is 1.78 bits per heavy atom. The summed E-state index contributed by atoms with van der Waals surface area (Å²) in [5, 5.41) is 0. The number of carbonyl (C=O) groups excluding carboxylic acids is 1. The van der Waals surface area contributed by atoms with E-state index in [1.807, 2.05) is 65.6 Å². The van der Waals surface area contributed by atoms with Crippen molar-refractivity contribution < 1.29 is 14.3 Å². The van der Waals surface area contributed by atoms with Crippen molar-refractivity contribution >= 4 is 5.91 Å². The molecule has 1 aliphatic rings. The SMILES string of the molecule is CC(Oc1ccccc1)C(=O)N1CCOC(c2ccccc2)C1. The van der Waals surface area contributed by atoms with Crippen molar-refractivity contribution in [2.24, 2.45) is 0 Å². The average Bonchev–Trinajstić information content (AvgIpc) is 2.63. The van der Waals surface area contributed by atoms with Gasteiger partial charge >= 0.3 is 0 Å². The Kier molecular flexibility index (Phi) is 4.93. The number of amides is 1. The molecule has 2 aromatic rings. The Balaban J connectivity index is 1.62. The van der Waals surface area contributed by atoms with Gasteiger partial charge in [0.2, 0.25) is 0 Å². The highest BCUT2D eigenvalue weighted by atomic mass is 16.5. The molecule has 3 rings (SSSR count). The van der Waals surface area contributed by atoms with E-state index >= 15 is 0 Å². The van der Waals surface area contributed by atoms with E-state index in [1.54, 1.807) is 6.92 Å². The normalized spacial score (nSPS) is 19.2. The second kappa shape index (κ2) is 7.29. The van der Waals surface area contributed by atoms with Gasteiger partial charge in [0.15, 0.2) is 6.10 Å². The van der Waals surface area contributed by atoms with Crippen molar-refractivity contribution in [3.05, 3.63) is 66.2 Å². The molecule has 1 aliphatic heterocycles. The summed E-state index contributed by atoms with van der Waals surface area (Å²) in [7, 11) is 0. The van der Waals surface area contributed by atoms with Crippen LogP contribution in [0.4, 0.5) is 0 Å². The molecule has 2 unspecified atom stereocenters. The van der Waals surface area contributed by atoms with Gasteiger partial charge in [-0.1, -0.05) is 48.5 Å². The minimum atomic E-state index is -0.507. The summed E-state index contributed by atoms with van der Waals surface area (Å²) in [6.45, 7) is 3.50. The lowest BCUT2D eigenvalue weighted by molar-refractivity contribution is -0.145. The summed E-state index contributed by atoms with van der Waals surface area (Å²) in [6.07, 6.45) is -0.579. The van der Waals surface area contributed by atoms with E-state index in [2.05, 4.69) is 0 Å². The highest BCUT2D eigenvalue weighted by Gasteiger charge is 2.28. The maximum Gasteiger partial charge on any atom is 0.263 e. The van der Waals surface area contributed by atoms with E-state index < -0.39 is 6.10 Å². The molecule has 4 nitrogen and oxygen atoms in total. The molecule has 1 fully saturated rings. The van der Waals surface area contributed by atoms with Gasteiger partial charge in [-0.15, -0.1) is 0 Å². The molecule has 0 bridgehead atoms. The van der Waals surface area contributed by atoms with Gasteiger partial charge in [-0.05, 0) is 24.6 Å². The van der Waals surface area contributed by atoms with Crippen LogP contribution in [0.1, 0.15) is 18.6 Å². The van der Waals surface area contributed by atoms with Crippen molar-refractivity contribution in [3.63, 3.8) is 0 Å². The smallest absolute Gasteiger partial charge is 0.263 e. The van der Waals surface area contributed by atoms with Crippen LogP contribution in [0.5, 0.6) is 5.75 Å². The predicted octanol–water partition coefficient (Wildman–Crippen LogP) is 3.05. The van der Waals surface area contributed by atoms with Crippen molar-refractivity contribution in [3.8, 4) is 5.75 Å². The Labute approximate surface area is 136 Å². The standard InChI is InChI=1S/C19H21NO3/c1-15(23-17-10-6-3-7-11-17)19(21)20-12-13-22-18(14-20)16-8-4-2-5-9-16/h2-11,15,18H,12-14H2,1H3. The van der Waals surface area contributed by atoms with E-state index in [9.17, 15) is 4.79 Å². The second-order valence-corrected chi connectivity index (χ2v) is 5.63. The number of carbonyl (C=O) groups is 1. The number of nitrogens with zero attached hydrogens (tertiary/aromatic N) is 1. The molecule has 1 amide bonds. The number of hydrogen-bond acceptors (Lipinski definition) is 3. The maximum atomic E-state index is 12.6. The number of para-hydroxylation sites is 1. The highest BCUT2D eigenvalue weighted by Crippen LogP contribution is 2.23. The van der Waals surface area contributed by atoms with Crippen LogP contribution in [0.25, 0.3) is 0 Å². The molecule has 0 N–H and O–H groups in total. The largest absolute Gasteiger partial charge is 0.481 e. The number of morpholine rings is 1. The first-order valence-corrected chi connectivity index (χ1v) is 7.91. The zero-order valence-corrected chi connectivity index (χ0v) is 13.2. The summed E-state index contributed by atoms with van der Waals surface area (Å²) in [4.78, 5) is 14.5. The average molecular weight is 311 g/mol. The van der Waals surface area contributed by atoms with Gasteiger partial charge in [0.25, 0.3) is 5.91 Å². The van der Waals surface area contributed by atoms with Gasteiger partial charge < -0.3 is 14.4 Å². The minimum Gasteiger partial charge on any atom is -0.481 e. The molecule has 1 heterocycles. The summed E-state index contributed by atoms with van der Waals surface area (Å²) >= 11 is 0. The van der Waals surface area contributed by atoms with Gasteiger partial charge in [0, 0.05) is 6.54 Å². The van der Waals surface area contributed by atoms with E-state index in [1.165, 1.54) is 0 Å². The zero-order chi connectivity index (χ0) is 16.1. The molecule has 23 heavy (non-hydrogen) atoms. The fraction of sp³-hybridized carbons (Fsp3) is 0.316. The Bertz CT molecular complexity index is 630. The second-order valence-electron chi connectivity index (χ2n) is 5.63. The maximum absolute atomic E-state index is 12.6. The summed E-state index contributed by atoms with van der Waals surface area (Å²) in [5.41, 5.74) is 1.10. The lowest BCUT2D eigenvalue weighted by atomic mass is 10.1. The molecule has 1 saturated heterocycles. The van der Waals surface area contributed by atoms with Gasteiger partial charge in [-0.25, -0.2) is 0 Å². The molecule has 2 atom stereocenters. The van der Waals surface area contributed by atoms with Gasteiger partial charge in [-0.2, -0.15) is 0 Å². The molecule has 2 aromatic carbocycles. The van der Waals surface area contributed by atoms with Crippen LogP contribution in [0.2, 0.25) is 0 Å². The number of benzene rings is 2. The first kappa shape index (κ1) is 15.6. The van der Waals surface area contributed by atoms with Crippen LogP contribution in [-0.4, -0.2) is 36.6 Å². The van der Waals surface area contributed by atoms with Crippen LogP contribution >= 0.6 is 0 Å². The topological polar surface area (TPSA) is 38.8 Å². The Morgan fingerprint density at radius 3 is 2.48 bits per heavy atom. The molecule has 0 aromatic heterocycles. The summed E-state index contributed by atoms with van der Waals surface area (Å²) in [6, 6.07) is 19.4. The van der Waals surface area contributed by atoms with Crippen LogP contribution in [0.3, 0.4) is 0 Å². The van der Waals surface area contributed by atoms with Gasteiger partial charge in [0.1, 0.15) is 11.9 Å². The third kappa shape index (κ3) is 3.90. The zero-order valence-electron chi connectivity index (χ0n) is 13.2. The molecule has 0 aliphatic carbocycles. The number of hydrogen-bond donors (Lipinski definition) is 0. The van der Waals surface area contributed by atoms with E-state index in [-0.39, 0.29) is 12.0 Å². The Hall–Kier alpha value is -2.33. The molecule has 0 saturated carbocycles. The first-order chi connectivity index (χ1) is 11.2. The highest BCUT2D eigenvalue weighted by molar-refractivity contribution is 5.81. The molecular weight excluding hydrogens is 290 g/mol. The Morgan fingerprint density at radius 1 is 1.13 bits per heavy atom. The first-order valence-electron chi connectivity index (χ1n) is 7.91. The van der Waals surface area contributed by atoms with Crippen molar-refractivity contribution in [1.29, 1.82) is 0 Å². The molecule has 120 valence electrons. The van der Waals surface area contributed by atoms with E-state index in [0.29, 0.717) is 25.4 Å². The minimum absolute atomic E-state index is 0.00177. The number of ether oxygens (including phenoxy) is 2. The van der Waals surface area contributed by atoms with E-state index in [0.717, 1.165) is 5.56 Å². The van der Waals surface area contributed by atoms with Crippen LogP contribution in [0.15, 0.2) is 60.7 Å². The molecule has 0 spiro atoms. The number of rotatable bonds is 4. The lowest BCUT2D eigenvalue weighted by Gasteiger charge is -2.34. The van der Waals surface area contributed by atoms with E-state index in [4.69, 9.17) is 9.47 Å². The van der Waals surface area contributed by atoms with Crippen molar-refractivity contribution in [2.45, 2.75) is 19.1 Å². The molecule has 4 heteroatoms. The summed E-state index contributed by atoms with van der Waals surface area (Å²) < 4.78 is 11.5. The summed E-state index contributed by atoms with van der Waals surface area (Å²) in [5.74, 6) is 0.708. The van der Waals surface area contributed by atoms with Crippen LogP contribution in [-0.2, 0) is 9.53 Å². The third-order valence-electron chi connectivity index (χ3n) is 3.95. The van der Waals surface area contributed by atoms with Gasteiger partial charge in [0.05, 0.1) is 13.2 Å². The van der Waals surface area contributed by atoms with Crippen LogP contribution < -0.4 is 4.74 Å². The van der Waals surface area contributed by atoms with Crippen molar-refractivity contribution in [2.75, 3.05) is 19.7 Å². The fourth-order valence-corrected chi connectivity index (χ4v) is 2.73. The molecule has 0 radical (unpaired) electrons. The third-order valence-corrected chi connectivity index (χ3v) is 3.95.